The van der Waals surface area contributed by atoms with Crippen LogP contribution in [0, 0.1) is 0 Å². The van der Waals surface area contributed by atoms with Crippen molar-refractivity contribution in [3.05, 3.63) is 157 Å². The molecular formula is C44H26OS. The predicted octanol–water partition coefficient (Wildman–Crippen LogP) is 13.3. The van der Waals surface area contributed by atoms with E-state index >= 15 is 0 Å². The fourth-order valence-electron chi connectivity index (χ4n) is 7.50. The molecule has 0 fully saturated rings. The third-order valence-electron chi connectivity index (χ3n) is 9.54. The second-order valence-electron chi connectivity index (χ2n) is 12.0. The summed E-state index contributed by atoms with van der Waals surface area (Å²) in [6, 6.07) is 55.0. The Hall–Kier alpha value is -5.70. The molecule has 0 bridgehead atoms. The normalized spacial score (nSPS) is 11.9. The molecule has 0 spiro atoms. The summed E-state index contributed by atoms with van der Waals surface area (Å²) in [6.07, 6.45) is 0. The van der Waals surface area contributed by atoms with Crippen LogP contribution in [-0.4, -0.2) is 0 Å². The number of furan rings is 1. The van der Waals surface area contributed by atoms with Crippen molar-refractivity contribution in [1.29, 1.82) is 0 Å². The first-order valence-corrected chi connectivity index (χ1v) is 16.6. The molecular weight excluding hydrogens is 577 g/mol. The minimum absolute atomic E-state index is 0.918. The quantitative estimate of drug-likeness (QED) is 0.183. The fraction of sp³-hybridized carbons (Fsp3) is 0. The van der Waals surface area contributed by atoms with Gasteiger partial charge < -0.3 is 4.42 Å². The molecule has 0 aliphatic heterocycles. The van der Waals surface area contributed by atoms with Crippen LogP contribution in [0.2, 0.25) is 0 Å². The van der Waals surface area contributed by atoms with E-state index in [4.69, 9.17) is 4.42 Å². The van der Waals surface area contributed by atoms with Crippen LogP contribution in [0.4, 0.5) is 0 Å². The topological polar surface area (TPSA) is 13.1 Å². The Balaban J connectivity index is 1.23. The van der Waals surface area contributed by atoms with Gasteiger partial charge in [0.15, 0.2) is 5.58 Å². The SMILES string of the molecule is c1ccc(-c2csc3c2ccc2c4ccc(-c5c6ccccc6c(-c6cccc7ccccc67)c6ccccc56)cc4oc23)cc1. The number of benzene rings is 8. The van der Waals surface area contributed by atoms with Crippen molar-refractivity contribution < 1.29 is 4.42 Å². The van der Waals surface area contributed by atoms with Gasteiger partial charge in [-0.2, -0.15) is 0 Å². The van der Waals surface area contributed by atoms with Gasteiger partial charge in [0.1, 0.15) is 5.58 Å². The maximum absolute atomic E-state index is 6.75. The first-order chi connectivity index (χ1) is 22.8. The maximum atomic E-state index is 6.75. The highest BCUT2D eigenvalue weighted by atomic mass is 32.1. The molecule has 1 nitrogen and oxygen atoms in total. The summed E-state index contributed by atoms with van der Waals surface area (Å²) in [5, 5.41) is 13.3. The molecule has 2 heterocycles. The van der Waals surface area contributed by atoms with Gasteiger partial charge in [0.2, 0.25) is 0 Å². The molecule has 10 rings (SSSR count). The number of rotatable bonds is 3. The van der Waals surface area contributed by atoms with Gasteiger partial charge in [-0.05, 0) is 83.7 Å². The highest BCUT2D eigenvalue weighted by Gasteiger charge is 2.20. The molecule has 46 heavy (non-hydrogen) atoms. The summed E-state index contributed by atoms with van der Waals surface area (Å²) in [5.74, 6) is 0. The Bertz CT molecular complexity index is 2740. The lowest BCUT2D eigenvalue weighted by atomic mass is 9.84. The Labute approximate surface area is 269 Å². The second kappa shape index (κ2) is 9.90. The molecule has 214 valence electrons. The van der Waals surface area contributed by atoms with E-state index in [-0.39, 0.29) is 0 Å². The summed E-state index contributed by atoms with van der Waals surface area (Å²) in [6.45, 7) is 0. The average molecular weight is 603 g/mol. The Morgan fingerprint density at radius 3 is 1.76 bits per heavy atom. The van der Waals surface area contributed by atoms with Gasteiger partial charge in [0, 0.05) is 21.7 Å². The van der Waals surface area contributed by atoms with Gasteiger partial charge in [-0.25, -0.2) is 0 Å². The fourth-order valence-corrected chi connectivity index (χ4v) is 8.56. The van der Waals surface area contributed by atoms with E-state index in [1.807, 2.05) is 0 Å². The molecule has 8 aromatic carbocycles. The lowest BCUT2D eigenvalue weighted by Crippen LogP contribution is -1.91. The Morgan fingerprint density at radius 1 is 0.391 bits per heavy atom. The van der Waals surface area contributed by atoms with E-state index in [9.17, 15) is 0 Å². The third-order valence-corrected chi connectivity index (χ3v) is 10.5. The van der Waals surface area contributed by atoms with Gasteiger partial charge in [-0.1, -0.05) is 133 Å². The number of fused-ring (bicyclic) bond motifs is 8. The van der Waals surface area contributed by atoms with Crippen molar-refractivity contribution in [3.63, 3.8) is 0 Å². The molecule has 0 N–H and O–H groups in total. The molecule has 0 aliphatic rings. The Morgan fingerprint density at radius 2 is 1.00 bits per heavy atom. The summed E-state index contributed by atoms with van der Waals surface area (Å²) < 4.78 is 7.95. The van der Waals surface area contributed by atoms with Gasteiger partial charge in [-0.3, -0.25) is 0 Å². The molecule has 2 aromatic heterocycles. The van der Waals surface area contributed by atoms with Gasteiger partial charge in [0.25, 0.3) is 0 Å². The molecule has 0 saturated heterocycles. The minimum atomic E-state index is 0.918. The van der Waals surface area contributed by atoms with Crippen molar-refractivity contribution in [2.24, 2.45) is 0 Å². The van der Waals surface area contributed by atoms with Gasteiger partial charge in [-0.15, -0.1) is 11.3 Å². The van der Waals surface area contributed by atoms with Crippen LogP contribution in [0.25, 0.3) is 97.7 Å². The largest absolute Gasteiger partial charge is 0.455 e. The molecule has 10 aromatic rings. The van der Waals surface area contributed by atoms with Crippen molar-refractivity contribution >= 4 is 75.7 Å². The smallest absolute Gasteiger partial charge is 0.153 e. The van der Waals surface area contributed by atoms with E-state index < -0.39 is 0 Å². The lowest BCUT2D eigenvalue weighted by molar-refractivity contribution is 0.673. The molecule has 0 radical (unpaired) electrons. The van der Waals surface area contributed by atoms with E-state index in [2.05, 4.69) is 157 Å². The highest BCUT2D eigenvalue weighted by Crippen LogP contribution is 2.47. The lowest BCUT2D eigenvalue weighted by Gasteiger charge is -2.18. The zero-order chi connectivity index (χ0) is 30.2. The van der Waals surface area contributed by atoms with Crippen LogP contribution in [0.15, 0.2) is 161 Å². The van der Waals surface area contributed by atoms with Crippen LogP contribution >= 0.6 is 11.3 Å². The first kappa shape index (κ1) is 25.6. The standard InChI is InChI=1S/C44H26OS/c1-2-11-28(12-3-1)39-26-46-44-38(39)24-23-37-31-22-21-29(25-40(31)45-43(37)44)41-33-16-6-8-18-35(33)42(36-19-9-7-17-34(36)41)32-20-10-14-27-13-4-5-15-30(27)32/h1-26H. The van der Waals surface area contributed by atoms with E-state index in [1.165, 1.54) is 70.2 Å². The maximum Gasteiger partial charge on any atom is 0.153 e. The zero-order valence-electron chi connectivity index (χ0n) is 24.8. The predicted molar refractivity (Wildman–Crippen MR) is 198 cm³/mol. The summed E-state index contributed by atoms with van der Waals surface area (Å²) in [5.41, 5.74) is 9.33. The van der Waals surface area contributed by atoms with Crippen LogP contribution in [-0.2, 0) is 0 Å². The van der Waals surface area contributed by atoms with Crippen LogP contribution < -0.4 is 0 Å². The van der Waals surface area contributed by atoms with Gasteiger partial charge >= 0.3 is 0 Å². The van der Waals surface area contributed by atoms with E-state index in [1.54, 1.807) is 11.3 Å². The number of thiophene rings is 1. The third kappa shape index (κ3) is 3.68. The molecule has 2 heteroatoms. The molecule has 0 aliphatic carbocycles. The summed E-state index contributed by atoms with van der Waals surface area (Å²) >= 11 is 1.76. The van der Waals surface area contributed by atoms with Crippen LogP contribution in [0.5, 0.6) is 0 Å². The summed E-state index contributed by atoms with van der Waals surface area (Å²) in [7, 11) is 0. The average Bonchev–Trinajstić information content (AvgIpc) is 3.72. The molecule has 0 amide bonds. The molecule has 0 atom stereocenters. The van der Waals surface area contributed by atoms with Crippen molar-refractivity contribution in [2.45, 2.75) is 0 Å². The number of hydrogen-bond acceptors (Lipinski definition) is 2. The highest BCUT2D eigenvalue weighted by molar-refractivity contribution is 7.18. The van der Waals surface area contributed by atoms with E-state index in [0.29, 0.717) is 0 Å². The Kier molecular flexibility index (Phi) is 5.51. The molecule has 0 unspecified atom stereocenters. The second-order valence-corrected chi connectivity index (χ2v) is 12.9. The van der Waals surface area contributed by atoms with Crippen molar-refractivity contribution in [2.75, 3.05) is 0 Å². The minimum Gasteiger partial charge on any atom is -0.455 e. The zero-order valence-corrected chi connectivity index (χ0v) is 25.6. The van der Waals surface area contributed by atoms with Crippen LogP contribution in [0.3, 0.4) is 0 Å². The summed E-state index contributed by atoms with van der Waals surface area (Å²) in [4.78, 5) is 0. The van der Waals surface area contributed by atoms with Crippen LogP contribution in [0.1, 0.15) is 0 Å². The monoisotopic (exact) mass is 602 g/mol. The first-order valence-electron chi connectivity index (χ1n) is 15.7. The van der Waals surface area contributed by atoms with Gasteiger partial charge in [0.05, 0.1) is 4.70 Å². The van der Waals surface area contributed by atoms with E-state index in [0.717, 1.165) is 27.5 Å². The molecule has 0 saturated carbocycles. The van der Waals surface area contributed by atoms with Crippen molar-refractivity contribution in [1.82, 2.24) is 0 Å². The number of hydrogen-bond donors (Lipinski definition) is 0. The van der Waals surface area contributed by atoms with Crippen molar-refractivity contribution in [3.8, 4) is 33.4 Å².